The minimum absolute atomic E-state index is 0.0812. The summed E-state index contributed by atoms with van der Waals surface area (Å²) in [5.41, 5.74) is 1.20. The maximum Gasteiger partial charge on any atom is 0.228 e. The van der Waals surface area contributed by atoms with E-state index in [2.05, 4.69) is 10.4 Å². The van der Waals surface area contributed by atoms with Crippen molar-refractivity contribution in [3.63, 3.8) is 0 Å². The number of hydrogen-bond donors (Lipinski definition) is 1. The first-order valence-electron chi connectivity index (χ1n) is 7.90. The van der Waals surface area contributed by atoms with Gasteiger partial charge >= 0.3 is 0 Å². The van der Waals surface area contributed by atoms with Crippen LogP contribution in [0.25, 0.3) is 0 Å². The van der Waals surface area contributed by atoms with Gasteiger partial charge in [-0.25, -0.2) is 4.39 Å². The van der Waals surface area contributed by atoms with Crippen molar-refractivity contribution >= 4 is 11.6 Å². The summed E-state index contributed by atoms with van der Waals surface area (Å²) in [7, 11) is 1.40. The molecule has 1 amide bonds. The van der Waals surface area contributed by atoms with E-state index in [1.54, 1.807) is 23.1 Å². The molecule has 1 fully saturated rings. The SMILES string of the molecule is COc1ccc(CC(=O)Nc2cnn(CC3CCCO3)c2)cc1F. The number of anilines is 1. The lowest BCUT2D eigenvalue weighted by atomic mass is 10.1. The van der Waals surface area contributed by atoms with Gasteiger partial charge in [0.25, 0.3) is 0 Å². The van der Waals surface area contributed by atoms with Crippen LogP contribution in [-0.4, -0.2) is 35.5 Å². The number of benzene rings is 1. The van der Waals surface area contributed by atoms with Crippen LogP contribution in [-0.2, 0) is 22.5 Å². The number of amides is 1. The van der Waals surface area contributed by atoms with Crippen molar-refractivity contribution in [2.24, 2.45) is 0 Å². The van der Waals surface area contributed by atoms with Gasteiger partial charge in [-0.05, 0) is 30.5 Å². The Morgan fingerprint density at radius 1 is 1.54 bits per heavy atom. The molecule has 0 radical (unpaired) electrons. The molecule has 24 heavy (non-hydrogen) atoms. The summed E-state index contributed by atoms with van der Waals surface area (Å²) in [6, 6.07) is 4.49. The monoisotopic (exact) mass is 333 g/mol. The van der Waals surface area contributed by atoms with E-state index in [-0.39, 0.29) is 24.2 Å². The number of carbonyl (C=O) groups excluding carboxylic acids is 1. The smallest absolute Gasteiger partial charge is 0.228 e. The average Bonchev–Trinajstić information content (AvgIpc) is 3.20. The number of ether oxygens (including phenoxy) is 2. The van der Waals surface area contributed by atoms with Crippen molar-refractivity contribution in [3.05, 3.63) is 42.0 Å². The normalized spacial score (nSPS) is 17.0. The van der Waals surface area contributed by atoms with E-state index in [0.717, 1.165) is 19.4 Å². The summed E-state index contributed by atoms with van der Waals surface area (Å²) in [4.78, 5) is 12.1. The molecule has 3 rings (SSSR count). The highest BCUT2D eigenvalue weighted by Crippen LogP contribution is 2.18. The topological polar surface area (TPSA) is 65.4 Å². The molecule has 2 aromatic rings. The van der Waals surface area contributed by atoms with Gasteiger partial charge in [0.2, 0.25) is 5.91 Å². The average molecular weight is 333 g/mol. The first-order valence-corrected chi connectivity index (χ1v) is 7.90. The Labute approximate surface area is 139 Å². The van der Waals surface area contributed by atoms with Gasteiger partial charge in [0, 0.05) is 12.8 Å². The number of nitrogens with zero attached hydrogens (tertiary/aromatic N) is 2. The Morgan fingerprint density at radius 2 is 2.42 bits per heavy atom. The number of aromatic nitrogens is 2. The molecule has 1 atom stereocenters. The minimum Gasteiger partial charge on any atom is -0.494 e. The third-order valence-corrected chi connectivity index (χ3v) is 3.91. The molecule has 1 aliphatic rings. The Hall–Kier alpha value is -2.41. The quantitative estimate of drug-likeness (QED) is 0.881. The van der Waals surface area contributed by atoms with Gasteiger partial charge in [0.05, 0.1) is 38.1 Å². The number of hydrogen-bond acceptors (Lipinski definition) is 4. The molecule has 1 unspecified atom stereocenters. The van der Waals surface area contributed by atoms with Crippen LogP contribution in [0, 0.1) is 5.82 Å². The van der Waals surface area contributed by atoms with Crippen LogP contribution >= 0.6 is 0 Å². The molecule has 7 heteroatoms. The fraction of sp³-hybridized carbons (Fsp3) is 0.412. The van der Waals surface area contributed by atoms with Crippen molar-refractivity contribution in [2.75, 3.05) is 19.0 Å². The second kappa shape index (κ2) is 7.44. The van der Waals surface area contributed by atoms with E-state index in [1.165, 1.54) is 19.2 Å². The molecule has 128 valence electrons. The van der Waals surface area contributed by atoms with E-state index in [1.807, 2.05) is 0 Å². The Kier molecular flexibility index (Phi) is 5.10. The lowest BCUT2D eigenvalue weighted by molar-refractivity contribution is -0.115. The van der Waals surface area contributed by atoms with Crippen LogP contribution in [0.15, 0.2) is 30.6 Å². The van der Waals surface area contributed by atoms with Crippen LogP contribution < -0.4 is 10.1 Å². The van der Waals surface area contributed by atoms with Gasteiger partial charge in [0.1, 0.15) is 0 Å². The van der Waals surface area contributed by atoms with Crippen LogP contribution in [0.5, 0.6) is 5.75 Å². The van der Waals surface area contributed by atoms with Gasteiger partial charge in [-0.1, -0.05) is 6.07 Å². The molecule has 0 saturated carbocycles. The zero-order chi connectivity index (χ0) is 16.9. The second-order valence-electron chi connectivity index (χ2n) is 5.78. The lowest BCUT2D eigenvalue weighted by Gasteiger charge is -2.08. The summed E-state index contributed by atoms with van der Waals surface area (Å²) < 4.78 is 25.8. The second-order valence-corrected chi connectivity index (χ2v) is 5.78. The van der Waals surface area contributed by atoms with Gasteiger partial charge in [-0.2, -0.15) is 5.10 Å². The number of rotatable bonds is 6. The number of carbonyl (C=O) groups is 1. The molecular formula is C17H20FN3O3. The predicted molar refractivity (Wildman–Crippen MR) is 86.5 cm³/mol. The first-order chi connectivity index (χ1) is 11.6. The molecule has 2 heterocycles. The maximum absolute atomic E-state index is 13.6. The molecule has 0 bridgehead atoms. The summed E-state index contributed by atoms with van der Waals surface area (Å²) in [5.74, 6) is -0.544. The van der Waals surface area contributed by atoms with E-state index >= 15 is 0 Å². The van der Waals surface area contributed by atoms with Crippen LogP contribution in [0.2, 0.25) is 0 Å². The summed E-state index contributed by atoms with van der Waals surface area (Å²) in [6.45, 7) is 1.48. The summed E-state index contributed by atoms with van der Waals surface area (Å²) in [6.07, 6.45) is 5.75. The Morgan fingerprint density at radius 3 is 3.12 bits per heavy atom. The zero-order valence-electron chi connectivity index (χ0n) is 13.5. The van der Waals surface area contributed by atoms with Crippen molar-refractivity contribution in [1.82, 2.24) is 9.78 Å². The first kappa shape index (κ1) is 16.4. The molecule has 1 aliphatic heterocycles. The lowest BCUT2D eigenvalue weighted by Crippen LogP contribution is -2.16. The van der Waals surface area contributed by atoms with Crippen molar-refractivity contribution < 1.29 is 18.7 Å². The van der Waals surface area contributed by atoms with Crippen LogP contribution in [0.1, 0.15) is 18.4 Å². The van der Waals surface area contributed by atoms with E-state index in [0.29, 0.717) is 17.8 Å². The van der Waals surface area contributed by atoms with Crippen molar-refractivity contribution in [3.8, 4) is 5.75 Å². The fourth-order valence-electron chi connectivity index (χ4n) is 2.74. The largest absolute Gasteiger partial charge is 0.494 e. The highest BCUT2D eigenvalue weighted by molar-refractivity contribution is 5.92. The fourth-order valence-corrected chi connectivity index (χ4v) is 2.74. The predicted octanol–water partition coefficient (Wildman–Crippen LogP) is 2.39. The van der Waals surface area contributed by atoms with Crippen LogP contribution in [0.3, 0.4) is 0 Å². The minimum atomic E-state index is -0.479. The number of halogens is 1. The highest BCUT2D eigenvalue weighted by Gasteiger charge is 2.16. The van der Waals surface area contributed by atoms with Crippen LogP contribution in [0.4, 0.5) is 10.1 Å². The van der Waals surface area contributed by atoms with Gasteiger partial charge in [0.15, 0.2) is 11.6 Å². The van der Waals surface area contributed by atoms with Gasteiger partial charge < -0.3 is 14.8 Å². The van der Waals surface area contributed by atoms with E-state index in [4.69, 9.17) is 9.47 Å². The summed E-state index contributed by atoms with van der Waals surface area (Å²) in [5, 5.41) is 6.99. The van der Waals surface area contributed by atoms with Crippen molar-refractivity contribution in [1.29, 1.82) is 0 Å². The van der Waals surface area contributed by atoms with Crippen molar-refractivity contribution in [2.45, 2.75) is 31.9 Å². The molecule has 1 aromatic carbocycles. The molecule has 1 saturated heterocycles. The van der Waals surface area contributed by atoms with E-state index in [9.17, 15) is 9.18 Å². The number of nitrogens with one attached hydrogen (secondary N) is 1. The molecular weight excluding hydrogens is 313 g/mol. The molecule has 1 aromatic heterocycles. The number of methoxy groups -OCH3 is 1. The summed E-state index contributed by atoms with van der Waals surface area (Å²) >= 11 is 0. The Balaban J connectivity index is 1.54. The molecule has 6 nitrogen and oxygen atoms in total. The van der Waals surface area contributed by atoms with E-state index < -0.39 is 5.82 Å². The van der Waals surface area contributed by atoms with Gasteiger partial charge in [-0.15, -0.1) is 0 Å². The van der Waals surface area contributed by atoms with Gasteiger partial charge in [-0.3, -0.25) is 9.48 Å². The molecule has 0 aliphatic carbocycles. The molecule has 0 spiro atoms. The zero-order valence-corrected chi connectivity index (χ0v) is 13.5. The Bertz CT molecular complexity index is 711. The highest BCUT2D eigenvalue weighted by atomic mass is 19.1. The maximum atomic E-state index is 13.6. The molecule has 1 N–H and O–H groups in total. The standard InChI is InChI=1S/C17H20FN3O3/c1-23-16-5-4-12(7-15(16)18)8-17(22)20-13-9-19-21(10-13)11-14-3-2-6-24-14/h4-5,7,9-10,14H,2-3,6,8,11H2,1H3,(H,20,22). The third-order valence-electron chi connectivity index (χ3n) is 3.91. The third kappa shape index (κ3) is 4.11.